The highest BCUT2D eigenvalue weighted by atomic mass is 16.4. The van der Waals surface area contributed by atoms with Crippen LogP contribution in [-0.4, -0.2) is 40.0 Å². The molecular weight excluding hydrogens is 220 g/mol. The van der Waals surface area contributed by atoms with Gasteiger partial charge in [-0.05, 0) is 39.0 Å². The molecule has 0 aromatic heterocycles. The Hall–Kier alpha value is -1.10. The van der Waals surface area contributed by atoms with Gasteiger partial charge in [-0.1, -0.05) is 0 Å². The van der Waals surface area contributed by atoms with Crippen molar-refractivity contribution in [1.29, 1.82) is 0 Å². The second-order valence-electron chi connectivity index (χ2n) is 5.44. The van der Waals surface area contributed by atoms with Gasteiger partial charge in [-0.2, -0.15) is 0 Å². The number of hydrogen-bond acceptors (Lipinski definition) is 3. The van der Waals surface area contributed by atoms with Crippen LogP contribution in [0.4, 0.5) is 0 Å². The third kappa shape index (κ3) is 2.04. The predicted molar refractivity (Wildman–Crippen MR) is 62.3 cm³/mol. The standard InChI is InChI=1S/C12H20N2O3/c1-12(11(16)17)5-2-6-14(12)10(15)8-3-4-9(13)7-8/h8-9H,2-7,13H2,1H3,(H,16,17). The molecule has 1 aliphatic carbocycles. The van der Waals surface area contributed by atoms with E-state index in [0.717, 1.165) is 19.3 Å². The number of aliphatic carboxylic acids is 1. The highest BCUT2D eigenvalue weighted by molar-refractivity contribution is 5.88. The fraction of sp³-hybridized carbons (Fsp3) is 0.833. The number of hydrogen-bond donors (Lipinski definition) is 2. The summed E-state index contributed by atoms with van der Waals surface area (Å²) >= 11 is 0. The van der Waals surface area contributed by atoms with Gasteiger partial charge in [0.15, 0.2) is 0 Å². The van der Waals surface area contributed by atoms with E-state index in [1.165, 1.54) is 0 Å². The van der Waals surface area contributed by atoms with Gasteiger partial charge < -0.3 is 15.7 Å². The molecule has 5 nitrogen and oxygen atoms in total. The average molecular weight is 240 g/mol. The maximum atomic E-state index is 12.3. The number of carbonyl (C=O) groups is 2. The van der Waals surface area contributed by atoms with Crippen molar-refractivity contribution < 1.29 is 14.7 Å². The minimum absolute atomic E-state index is 0.0136. The van der Waals surface area contributed by atoms with Gasteiger partial charge >= 0.3 is 5.97 Å². The number of carbonyl (C=O) groups excluding carboxylic acids is 1. The summed E-state index contributed by atoms with van der Waals surface area (Å²) in [5.74, 6) is -0.979. The summed E-state index contributed by atoms with van der Waals surface area (Å²) in [5.41, 5.74) is 4.79. The van der Waals surface area contributed by atoms with E-state index in [9.17, 15) is 14.7 Å². The molecule has 1 saturated carbocycles. The lowest BCUT2D eigenvalue weighted by Gasteiger charge is -2.33. The second kappa shape index (κ2) is 4.29. The molecule has 17 heavy (non-hydrogen) atoms. The molecule has 1 saturated heterocycles. The highest BCUT2D eigenvalue weighted by Crippen LogP contribution is 2.34. The molecule has 5 heteroatoms. The van der Waals surface area contributed by atoms with Crippen molar-refractivity contribution >= 4 is 11.9 Å². The minimum Gasteiger partial charge on any atom is -0.480 e. The molecule has 0 aromatic carbocycles. The van der Waals surface area contributed by atoms with Crippen LogP contribution in [0, 0.1) is 5.92 Å². The molecule has 1 amide bonds. The third-order valence-corrected chi connectivity index (χ3v) is 4.19. The first-order valence-corrected chi connectivity index (χ1v) is 6.25. The molecule has 2 fully saturated rings. The van der Waals surface area contributed by atoms with Crippen molar-refractivity contribution in [3.05, 3.63) is 0 Å². The van der Waals surface area contributed by atoms with Crippen molar-refractivity contribution in [2.75, 3.05) is 6.54 Å². The lowest BCUT2D eigenvalue weighted by Crippen LogP contribution is -2.52. The van der Waals surface area contributed by atoms with Gasteiger partial charge in [0, 0.05) is 18.5 Å². The number of rotatable bonds is 2. The maximum Gasteiger partial charge on any atom is 0.329 e. The van der Waals surface area contributed by atoms with E-state index in [1.54, 1.807) is 11.8 Å². The van der Waals surface area contributed by atoms with Gasteiger partial charge in [-0.3, -0.25) is 4.79 Å². The lowest BCUT2D eigenvalue weighted by atomic mass is 9.97. The lowest BCUT2D eigenvalue weighted by molar-refractivity contribution is -0.156. The molecule has 96 valence electrons. The highest BCUT2D eigenvalue weighted by Gasteiger charge is 2.47. The molecule has 0 spiro atoms. The summed E-state index contributed by atoms with van der Waals surface area (Å²) in [7, 11) is 0. The molecule has 0 bridgehead atoms. The quantitative estimate of drug-likeness (QED) is 0.739. The van der Waals surface area contributed by atoms with Crippen LogP contribution in [0.2, 0.25) is 0 Å². The Balaban J connectivity index is 2.11. The van der Waals surface area contributed by atoms with Gasteiger partial charge in [0.1, 0.15) is 5.54 Å². The molecule has 1 aliphatic heterocycles. The second-order valence-corrected chi connectivity index (χ2v) is 5.44. The van der Waals surface area contributed by atoms with Crippen molar-refractivity contribution in [3.8, 4) is 0 Å². The van der Waals surface area contributed by atoms with E-state index in [-0.39, 0.29) is 17.9 Å². The largest absolute Gasteiger partial charge is 0.480 e. The summed E-state index contributed by atoms with van der Waals surface area (Å²) in [6.07, 6.45) is 3.69. The van der Waals surface area contributed by atoms with Gasteiger partial charge in [0.2, 0.25) is 5.91 Å². The molecule has 3 atom stereocenters. The number of amides is 1. The van der Waals surface area contributed by atoms with E-state index in [0.29, 0.717) is 19.4 Å². The molecule has 3 unspecified atom stereocenters. The summed E-state index contributed by atoms with van der Waals surface area (Å²) in [5, 5.41) is 9.27. The van der Waals surface area contributed by atoms with E-state index >= 15 is 0 Å². The molecule has 0 aromatic rings. The van der Waals surface area contributed by atoms with Gasteiger partial charge in [-0.15, -0.1) is 0 Å². The third-order valence-electron chi connectivity index (χ3n) is 4.19. The topological polar surface area (TPSA) is 83.6 Å². The van der Waals surface area contributed by atoms with Crippen molar-refractivity contribution in [1.82, 2.24) is 4.90 Å². The van der Waals surface area contributed by atoms with Crippen LogP contribution in [0.1, 0.15) is 39.0 Å². The minimum atomic E-state index is -1.01. The zero-order valence-corrected chi connectivity index (χ0v) is 10.2. The normalized spacial score (nSPS) is 37.4. The fourth-order valence-electron chi connectivity index (χ4n) is 3.00. The van der Waals surface area contributed by atoms with Gasteiger partial charge in [0.25, 0.3) is 0 Å². The fourth-order valence-corrected chi connectivity index (χ4v) is 3.00. The Kier molecular flexibility index (Phi) is 3.12. The Bertz CT molecular complexity index is 345. The van der Waals surface area contributed by atoms with Gasteiger partial charge in [-0.25, -0.2) is 4.79 Å². The first-order chi connectivity index (χ1) is 7.95. The number of nitrogens with zero attached hydrogens (tertiary/aromatic N) is 1. The number of likely N-dealkylation sites (tertiary alicyclic amines) is 1. The van der Waals surface area contributed by atoms with Crippen molar-refractivity contribution in [2.45, 2.75) is 50.6 Å². The van der Waals surface area contributed by atoms with Crippen LogP contribution >= 0.6 is 0 Å². The summed E-state index contributed by atoms with van der Waals surface area (Å²) in [4.78, 5) is 25.2. The smallest absolute Gasteiger partial charge is 0.329 e. The molecule has 2 aliphatic rings. The van der Waals surface area contributed by atoms with Gasteiger partial charge in [0.05, 0.1) is 0 Å². The summed E-state index contributed by atoms with van der Waals surface area (Å²) in [6.45, 7) is 2.21. The Morgan fingerprint density at radius 3 is 2.65 bits per heavy atom. The van der Waals surface area contributed by atoms with E-state index < -0.39 is 11.5 Å². The maximum absolute atomic E-state index is 12.3. The molecule has 3 N–H and O–H groups in total. The molecule has 0 radical (unpaired) electrons. The van der Waals surface area contributed by atoms with Crippen LogP contribution in [0.5, 0.6) is 0 Å². The Labute approximate surface area is 101 Å². The molecule has 1 heterocycles. The predicted octanol–water partition coefficient (Wildman–Crippen LogP) is 0.579. The monoisotopic (exact) mass is 240 g/mol. The molecule has 2 rings (SSSR count). The van der Waals surface area contributed by atoms with Crippen LogP contribution < -0.4 is 5.73 Å². The van der Waals surface area contributed by atoms with E-state index in [1.807, 2.05) is 0 Å². The zero-order valence-electron chi connectivity index (χ0n) is 10.2. The zero-order chi connectivity index (χ0) is 12.6. The van der Waals surface area contributed by atoms with Crippen LogP contribution in [0.25, 0.3) is 0 Å². The van der Waals surface area contributed by atoms with E-state index in [2.05, 4.69) is 0 Å². The van der Waals surface area contributed by atoms with Crippen molar-refractivity contribution in [3.63, 3.8) is 0 Å². The number of carboxylic acids is 1. The van der Waals surface area contributed by atoms with Crippen molar-refractivity contribution in [2.24, 2.45) is 11.7 Å². The van der Waals surface area contributed by atoms with E-state index in [4.69, 9.17) is 5.73 Å². The summed E-state index contributed by atoms with van der Waals surface area (Å²) < 4.78 is 0. The number of carboxylic acid groups (broad SMARTS) is 1. The Morgan fingerprint density at radius 1 is 1.41 bits per heavy atom. The Morgan fingerprint density at radius 2 is 2.12 bits per heavy atom. The number of nitrogens with two attached hydrogens (primary N) is 1. The first-order valence-electron chi connectivity index (χ1n) is 6.25. The van der Waals surface area contributed by atoms with Crippen LogP contribution in [0.15, 0.2) is 0 Å². The average Bonchev–Trinajstić information content (AvgIpc) is 2.85. The van der Waals surface area contributed by atoms with Crippen LogP contribution in [0.3, 0.4) is 0 Å². The first kappa shape index (κ1) is 12.4. The SMILES string of the molecule is CC1(C(=O)O)CCCN1C(=O)C1CCC(N)C1. The van der Waals surface area contributed by atoms with Crippen LogP contribution in [-0.2, 0) is 9.59 Å². The summed E-state index contributed by atoms with van der Waals surface area (Å²) in [6, 6.07) is 0.0997. The molecular formula is C12H20N2O3.